The van der Waals surface area contributed by atoms with Crippen LogP contribution in [0.15, 0.2) is 18.2 Å². The van der Waals surface area contributed by atoms with Crippen LogP contribution in [0.25, 0.3) is 10.2 Å². The minimum atomic E-state index is 0.0441. The summed E-state index contributed by atoms with van der Waals surface area (Å²) in [4.78, 5) is 22.6. The maximum Gasteiger partial charge on any atom is 0.224 e. The lowest BCUT2D eigenvalue weighted by atomic mass is 9.97. The highest BCUT2D eigenvalue weighted by molar-refractivity contribution is 7.22. The molecule has 0 unspecified atom stereocenters. The van der Waals surface area contributed by atoms with Crippen LogP contribution in [0.2, 0.25) is 0 Å². The van der Waals surface area contributed by atoms with Gasteiger partial charge in [-0.3, -0.25) is 9.69 Å². The van der Waals surface area contributed by atoms with Crippen LogP contribution in [-0.2, 0) is 4.79 Å². The van der Waals surface area contributed by atoms with Crippen molar-refractivity contribution in [2.75, 3.05) is 37.7 Å². The van der Waals surface area contributed by atoms with Crippen molar-refractivity contribution in [3.05, 3.63) is 18.2 Å². The van der Waals surface area contributed by atoms with E-state index >= 15 is 0 Å². The second kappa shape index (κ2) is 10.8. The fourth-order valence-corrected chi connectivity index (χ4v) is 6.21. The van der Waals surface area contributed by atoms with Gasteiger partial charge in [-0.25, -0.2) is 4.98 Å². The summed E-state index contributed by atoms with van der Waals surface area (Å²) in [7, 11) is 0. The Morgan fingerprint density at radius 1 is 1.22 bits per heavy atom. The number of fused-ring (bicyclic) bond motifs is 1. The summed E-state index contributed by atoms with van der Waals surface area (Å²) < 4.78 is 6.76. The molecule has 2 fully saturated rings. The van der Waals surface area contributed by atoms with Crippen LogP contribution in [0.1, 0.15) is 59.3 Å². The number of carbonyl (C=O) groups is 1. The van der Waals surface area contributed by atoms with Crippen molar-refractivity contribution >= 4 is 32.6 Å². The fourth-order valence-electron chi connectivity index (χ4n) is 5.18. The lowest BCUT2D eigenvalue weighted by Gasteiger charge is -2.39. The first-order valence-electron chi connectivity index (χ1n) is 12.4. The van der Waals surface area contributed by atoms with E-state index in [1.807, 2.05) is 19.1 Å². The predicted octanol–water partition coefficient (Wildman–Crippen LogP) is 4.68. The number of anilines is 1. The zero-order valence-corrected chi connectivity index (χ0v) is 20.6. The van der Waals surface area contributed by atoms with Gasteiger partial charge in [-0.15, -0.1) is 0 Å². The Morgan fingerprint density at radius 3 is 2.81 bits per heavy atom. The number of likely N-dealkylation sites (tertiary alicyclic amines) is 1. The molecule has 2 aromatic rings. The molecule has 0 saturated carbocycles. The number of nitrogens with one attached hydrogen (secondary N) is 1. The summed E-state index contributed by atoms with van der Waals surface area (Å²) in [5, 5.41) is 4.23. The number of ether oxygens (including phenoxy) is 1. The maximum atomic E-state index is 12.9. The lowest BCUT2D eigenvalue weighted by Crippen LogP contribution is -2.46. The van der Waals surface area contributed by atoms with Gasteiger partial charge in [0.1, 0.15) is 5.75 Å². The van der Waals surface area contributed by atoms with Crippen molar-refractivity contribution < 1.29 is 9.53 Å². The Balaban J connectivity index is 1.28. The molecule has 176 valence electrons. The van der Waals surface area contributed by atoms with Gasteiger partial charge in [0.2, 0.25) is 5.91 Å². The smallest absolute Gasteiger partial charge is 0.224 e. The SMILES string of the molecule is CCOc1ccc2nc(N3CCC[C@@H](C(=O)NCCCN4[C@H](C)CCC[C@@H]4C)C3)sc2c1. The molecule has 1 N–H and O–H groups in total. The van der Waals surface area contributed by atoms with Gasteiger partial charge in [-0.2, -0.15) is 0 Å². The standard InChI is InChI=1S/C25H38N4O2S/c1-4-31-21-11-12-22-23(16-21)32-25(27-22)28-14-6-10-20(17-28)24(30)26-13-7-15-29-18(2)8-5-9-19(29)3/h11-12,16,18-20H,4-10,13-15,17H2,1-3H3,(H,26,30)/t18-,19+,20-/m1/s1. The van der Waals surface area contributed by atoms with Crippen molar-refractivity contribution in [1.29, 1.82) is 0 Å². The first-order valence-corrected chi connectivity index (χ1v) is 13.2. The largest absolute Gasteiger partial charge is 0.494 e. The highest BCUT2D eigenvalue weighted by Crippen LogP contribution is 2.33. The van der Waals surface area contributed by atoms with E-state index in [0.29, 0.717) is 18.7 Å². The van der Waals surface area contributed by atoms with Gasteiger partial charge in [0.15, 0.2) is 5.13 Å². The molecule has 0 bridgehead atoms. The van der Waals surface area contributed by atoms with Gasteiger partial charge in [-0.1, -0.05) is 17.8 Å². The number of piperidine rings is 2. The molecule has 7 heteroatoms. The maximum absolute atomic E-state index is 12.9. The molecule has 0 radical (unpaired) electrons. The van der Waals surface area contributed by atoms with Gasteiger partial charge in [-0.05, 0) is 71.1 Å². The van der Waals surface area contributed by atoms with E-state index in [-0.39, 0.29) is 11.8 Å². The lowest BCUT2D eigenvalue weighted by molar-refractivity contribution is -0.125. The van der Waals surface area contributed by atoms with Crippen molar-refractivity contribution in [2.45, 2.75) is 71.4 Å². The zero-order valence-electron chi connectivity index (χ0n) is 19.8. The molecular formula is C25H38N4O2S. The average Bonchev–Trinajstić information content (AvgIpc) is 3.22. The van der Waals surface area contributed by atoms with Crippen LogP contribution in [-0.4, -0.2) is 60.7 Å². The van der Waals surface area contributed by atoms with E-state index in [1.54, 1.807) is 11.3 Å². The third-order valence-electron chi connectivity index (χ3n) is 6.99. The fraction of sp³-hybridized carbons (Fsp3) is 0.680. The molecule has 3 atom stereocenters. The second-order valence-electron chi connectivity index (χ2n) is 9.36. The van der Waals surface area contributed by atoms with Gasteiger partial charge >= 0.3 is 0 Å². The summed E-state index contributed by atoms with van der Waals surface area (Å²) in [5.74, 6) is 1.14. The molecule has 1 aromatic carbocycles. The summed E-state index contributed by atoms with van der Waals surface area (Å²) in [6.07, 6.45) is 6.95. The van der Waals surface area contributed by atoms with Crippen LogP contribution < -0.4 is 15.0 Å². The Morgan fingerprint density at radius 2 is 2.03 bits per heavy atom. The van der Waals surface area contributed by atoms with Crippen LogP contribution in [0.4, 0.5) is 5.13 Å². The molecule has 2 saturated heterocycles. The Kier molecular flexibility index (Phi) is 7.89. The number of aromatic nitrogens is 1. The molecule has 2 aliphatic heterocycles. The molecule has 2 aliphatic rings. The first-order chi connectivity index (χ1) is 15.5. The van der Waals surface area contributed by atoms with Crippen LogP contribution >= 0.6 is 11.3 Å². The molecule has 0 aliphatic carbocycles. The molecule has 0 spiro atoms. The number of nitrogens with zero attached hydrogens (tertiary/aromatic N) is 3. The van der Waals surface area contributed by atoms with E-state index in [1.165, 1.54) is 19.3 Å². The minimum Gasteiger partial charge on any atom is -0.494 e. The molecule has 3 heterocycles. The Hall–Kier alpha value is -1.86. The van der Waals surface area contributed by atoms with Crippen molar-refractivity contribution in [1.82, 2.24) is 15.2 Å². The van der Waals surface area contributed by atoms with Gasteiger partial charge < -0.3 is 15.0 Å². The number of thiazole rings is 1. The highest BCUT2D eigenvalue weighted by atomic mass is 32.1. The van der Waals surface area contributed by atoms with Crippen LogP contribution in [0, 0.1) is 5.92 Å². The highest BCUT2D eigenvalue weighted by Gasteiger charge is 2.28. The Bertz CT molecular complexity index is 891. The minimum absolute atomic E-state index is 0.0441. The van der Waals surface area contributed by atoms with Crippen LogP contribution in [0.5, 0.6) is 5.75 Å². The third kappa shape index (κ3) is 5.54. The Labute approximate surface area is 196 Å². The monoisotopic (exact) mass is 458 g/mol. The number of benzene rings is 1. The summed E-state index contributed by atoms with van der Waals surface area (Å²) >= 11 is 1.69. The normalized spacial score (nSPS) is 24.6. The van der Waals surface area contributed by atoms with Gasteiger partial charge in [0.05, 0.1) is 22.7 Å². The summed E-state index contributed by atoms with van der Waals surface area (Å²) in [5.41, 5.74) is 1.00. The number of rotatable bonds is 8. The molecular weight excluding hydrogens is 420 g/mol. The van der Waals surface area contributed by atoms with Crippen LogP contribution in [0.3, 0.4) is 0 Å². The van der Waals surface area contributed by atoms with E-state index in [4.69, 9.17) is 9.72 Å². The molecule has 32 heavy (non-hydrogen) atoms. The van der Waals surface area contributed by atoms with Crippen molar-refractivity contribution in [3.63, 3.8) is 0 Å². The number of hydrogen-bond acceptors (Lipinski definition) is 6. The molecule has 1 aromatic heterocycles. The topological polar surface area (TPSA) is 57.7 Å². The third-order valence-corrected chi connectivity index (χ3v) is 8.07. The van der Waals surface area contributed by atoms with Gasteiger partial charge in [0, 0.05) is 38.3 Å². The average molecular weight is 459 g/mol. The molecule has 4 rings (SSSR count). The number of carbonyl (C=O) groups excluding carboxylic acids is 1. The van der Waals surface area contributed by atoms with E-state index in [2.05, 4.69) is 35.0 Å². The second-order valence-corrected chi connectivity index (χ2v) is 10.4. The first kappa shape index (κ1) is 23.3. The summed E-state index contributed by atoms with van der Waals surface area (Å²) in [6, 6.07) is 7.41. The molecule has 6 nitrogen and oxygen atoms in total. The number of amides is 1. The summed E-state index contributed by atoms with van der Waals surface area (Å²) in [6.45, 7) is 10.9. The van der Waals surface area contributed by atoms with E-state index < -0.39 is 0 Å². The van der Waals surface area contributed by atoms with Gasteiger partial charge in [0.25, 0.3) is 0 Å². The van der Waals surface area contributed by atoms with Crippen molar-refractivity contribution in [3.8, 4) is 5.75 Å². The van der Waals surface area contributed by atoms with E-state index in [0.717, 1.165) is 66.5 Å². The van der Waals surface area contributed by atoms with E-state index in [9.17, 15) is 4.79 Å². The van der Waals surface area contributed by atoms with Crippen molar-refractivity contribution in [2.24, 2.45) is 5.92 Å². The quantitative estimate of drug-likeness (QED) is 0.582. The molecule has 1 amide bonds. The zero-order chi connectivity index (χ0) is 22.5. The number of hydrogen-bond donors (Lipinski definition) is 1. The predicted molar refractivity (Wildman–Crippen MR) is 133 cm³/mol.